The number of nitrogens with two attached hydrogens (primary N) is 1. The number of aryl methyl sites for hydroxylation is 2. The van der Waals surface area contributed by atoms with Crippen molar-refractivity contribution in [1.82, 2.24) is 14.0 Å². The van der Waals surface area contributed by atoms with Crippen LogP contribution in [0, 0.1) is 12.3 Å². The van der Waals surface area contributed by atoms with Crippen molar-refractivity contribution >= 4 is 33.9 Å². The zero-order valence-corrected chi connectivity index (χ0v) is 13.1. The third-order valence-corrected chi connectivity index (χ3v) is 3.94. The van der Waals surface area contributed by atoms with Gasteiger partial charge in [-0.05, 0) is 31.5 Å². The summed E-state index contributed by atoms with van der Waals surface area (Å²) in [5, 5.41) is 8.64. The second-order valence-corrected chi connectivity index (χ2v) is 5.49. The summed E-state index contributed by atoms with van der Waals surface area (Å²) in [7, 11) is 0. The van der Waals surface area contributed by atoms with Crippen LogP contribution in [0.15, 0.2) is 29.2 Å². The van der Waals surface area contributed by atoms with Gasteiger partial charge in [-0.15, -0.1) is 0 Å². The van der Waals surface area contributed by atoms with E-state index in [4.69, 9.17) is 23.4 Å². The summed E-state index contributed by atoms with van der Waals surface area (Å²) in [5.74, 6) is 0. The van der Waals surface area contributed by atoms with Gasteiger partial charge in [-0.3, -0.25) is 14.6 Å². The first kappa shape index (κ1) is 14.4. The van der Waals surface area contributed by atoms with E-state index in [1.165, 1.54) is 4.40 Å². The Bertz CT molecular complexity index is 1050. The lowest BCUT2D eigenvalue weighted by molar-refractivity contribution is 0.721. The molecule has 0 aliphatic carbocycles. The Morgan fingerprint density at radius 2 is 2.18 bits per heavy atom. The van der Waals surface area contributed by atoms with Crippen molar-refractivity contribution in [2.45, 2.75) is 20.4 Å². The Morgan fingerprint density at radius 1 is 1.45 bits per heavy atom. The zero-order chi connectivity index (χ0) is 16.0. The Balaban J connectivity index is 2.65. The molecule has 6 nitrogen and oxygen atoms in total. The van der Waals surface area contributed by atoms with E-state index in [1.807, 2.05) is 19.9 Å². The molecule has 0 saturated heterocycles. The van der Waals surface area contributed by atoms with Crippen LogP contribution in [0.5, 0.6) is 0 Å². The zero-order valence-electron chi connectivity index (χ0n) is 12.3. The molecular formula is C15H15N5OS. The van der Waals surface area contributed by atoms with Crippen molar-refractivity contribution in [1.29, 1.82) is 5.41 Å². The molecule has 0 aliphatic rings. The first-order chi connectivity index (χ1) is 10.5. The van der Waals surface area contributed by atoms with E-state index in [1.54, 1.807) is 22.9 Å². The normalized spacial score (nSPS) is 11.2. The average Bonchev–Trinajstić information content (AvgIpc) is 2.48. The highest BCUT2D eigenvalue weighted by Crippen LogP contribution is 2.12. The highest BCUT2D eigenvalue weighted by molar-refractivity contribution is 7.80. The van der Waals surface area contributed by atoms with Crippen LogP contribution in [0.3, 0.4) is 0 Å². The number of rotatable bonds is 2. The Labute approximate surface area is 131 Å². The molecule has 0 unspecified atom stereocenters. The molecule has 0 atom stereocenters. The van der Waals surface area contributed by atoms with E-state index in [-0.39, 0.29) is 16.0 Å². The van der Waals surface area contributed by atoms with Crippen molar-refractivity contribution in [2.24, 2.45) is 5.73 Å². The third-order valence-electron chi connectivity index (χ3n) is 3.72. The Morgan fingerprint density at radius 3 is 2.82 bits per heavy atom. The number of hydrogen-bond donors (Lipinski definition) is 2. The van der Waals surface area contributed by atoms with Gasteiger partial charge in [-0.25, -0.2) is 4.98 Å². The molecule has 0 amide bonds. The van der Waals surface area contributed by atoms with E-state index in [0.717, 1.165) is 5.56 Å². The van der Waals surface area contributed by atoms with E-state index in [0.29, 0.717) is 28.8 Å². The average molecular weight is 313 g/mol. The molecular weight excluding hydrogens is 298 g/mol. The van der Waals surface area contributed by atoms with E-state index < -0.39 is 0 Å². The number of hydrogen-bond acceptors (Lipinski definition) is 4. The fourth-order valence-electron chi connectivity index (χ4n) is 2.59. The van der Waals surface area contributed by atoms with Gasteiger partial charge in [-0.1, -0.05) is 18.3 Å². The predicted molar refractivity (Wildman–Crippen MR) is 89.1 cm³/mol. The lowest BCUT2D eigenvalue weighted by atomic mass is 10.2. The number of thiocarbonyl (C=S) groups is 1. The molecule has 3 heterocycles. The molecule has 0 spiro atoms. The van der Waals surface area contributed by atoms with Crippen LogP contribution < -0.4 is 16.8 Å². The van der Waals surface area contributed by atoms with Crippen LogP contribution >= 0.6 is 12.2 Å². The molecule has 3 aromatic rings. The second-order valence-electron chi connectivity index (χ2n) is 5.05. The van der Waals surface area contributed by atoms with Gasteiger partial charge in [0.1, 0.15) is 21.8 Å². The summed E-state index contributed by atoms with van der Waals surface area (Å²) in [5.41, 5.74) is 8.02. The minimum Gasteiger partial charge on any atom is -0.389 e. The van der Waals surface area contributed by atoms with Crippen LogP contribution in [0.25, 0.3) is 16.7 Å². The van der Waals surface area contributed by atoms with Gasteiger partial charge >= 0.3 is 0 Å². The lowest BCUT2D eigenvalue weighted by Crippen LogP contribution is -2.31. The standard InChI is InChI=1S/C15H15N5OS/c1-3-19-11(16)9(12(17)22)7-10-14(19)18-13-8(2)5-4-6-20(13)15(10)21/h4-7,16H,3H2,1-2H3,(H2,17,22). The summed E-state index contributed by atoms with van der Waals surface area (Å²) >= 11 is 5.00. The van der Waals surface area contributed by atoms with E-state index in [2.05, 4.69) is 4.98 Å². The van der Waals surface area contributed by atoms with Crippen LogP contribution in [0.1, 0.15) is 18.1 Å². The summed E-state index contributed by atoms with van der Waals surface area (Å²) in [6, 6.07) is 5.27. The quantitative estimate of drug-likeness (QED) is 0.547. The smallest absolute Gasteiger partial charge is 0.267 e. The Kier molecular flexibility index (Phi) is 3.29. The molecule has 0 saturated carbocycles. The maximum absolute atomic E-state index is 12.8. The Hall–Kier alpha value is -2.54. The minimum atomic E-state index is -0.191. The molecule has 0 fully saturated rings. The highest BCUT2D eigenvalue weighted by atomic mass is 32.1. The number of nitrogens with zero attached hydrogens (tertiary/aromatic N) is 3. The number of nitrogens with one attached hydrogen (secondary N) is 1. The van der Waals surface area contributed by atoms with Crippen LogP contribution in [0.4, 0.5) is 0 Å². The van der Waals surface area contributed by atoms with Gasteiger partial charge in [0, 0.05) is 12.7 Å². The summed E-state index contributed by atoms with van der Waals surface area (Å²) in [6.07, 6.45) is 1.68. The molecule has 3 aromatic heterocycles. The summed E-state index contributed by atoms with van der Waals surface area (Å²) in [4.78, 5) is 17.5. The molecule has 0 bridgehead atoms. The van der Waals surface area contributed by atoms with Crippen LogP contribution in [0.2, 0.25) is 0 Å². The molecule has 7 heteroatoms. The first-order valence-electron chi connectivity index (χ1n) is 6.85. The molecule has 22 heavy (non-hydrogen) atoms. The number of aromatic nitrogens is 3. The topological polar surface area (TPSA) is 89.2 Å². The fraction of sp³-hybridized carbons (Fsp3) is 0.200. The third kappa shape index (κ3) is 1.93. The van der Waals surface area contributed by atoms with Gasteiger partial charge in [0.25, 0.3) is 5.56 Å². The molecule has 0 aromatic carbocycles. The molecule has 0 radical (unpaired) electrons. The maximum Gasteiger partial charge on any atom is 0.267 e. The summed E-state index contributed by atoms with van der Waals surface area (Å²) in [6.45, 7) is 4.29. The second kappa shape index (κ2) is 5.03. The van der Waals surface area contributed by atoms with Gasteiger partial charge in [0.2, 0.25) is 0 Å². The summed E-state index contributed by atoms with van der Waals surface area (Å²) < 4.78 is 3.16. The van der Waals surface area contributed by atoms with Crippen molar-refractivity contribution < 1.29 is 0 Å². The maximum atomic E-state index is 12.8. The SMILES string of the molecule is CCn1c(=N)c(C(N)=S)cc2c(=O)n3cccc(C)c3nc21. The van der Waals surface area contributed by atoms with Crippen molar-refractivity contribution in [3.05, 3.63) is 51.4 Å². The van der Waals surface area contributed by atoms with Gasteiger partial charge < -0.3 is 10.3 Å². The molecule has 112 valence electrons. The predicted octanol–water partition coefficient (Wildman–Crippen LogP) is 1.09. The van der Waals surface area contributed by atoms with Crippen molar-refractivity contribution in [3.8, 4) is 0 Å². The monoisotopic (exact) mass is 313 g/mol. The molecule has 3 rings (SSSR count). The van der Waals surface area contributed by atoms with E-state index in [9.17, 15) is 4.79 Å². The molecule has 3 N–H and O–H groups in total. The van der Waals surface area contributed by atoms with Crippen molar-refractivity contribution in [2.75, 3.05) is 0 Å². The molecule has 0 aliphatic heterocycles. The van der Waals surface area contributed by atoms with Crippen LogP contribution in [-0.2, 0) is 6.54 Å². The minimum absolute atomic E-state index is 0.0999. The lowest BCUT2D eigenvalue weighted by Gasteiger charge is -2.13. The largest absolute Gasteiger partial charge is 0.389 e. The van der Waals surface area contributed by atoms with Gasteiger partial charge in [0.05, 0.1) is 10.9 Å². The van der Waals surface area contributed by atoms with E-state index >= 15 is 0 Å². The number of fused-ring (bicyclic) bond motifs is 2. The van der Waals surface area contributed by atoms with Crippen LogP contribution in [-0.4, -0.2) is 18.9 Å². The van der Waals surface area contributed by atoms with Gasteiger partial charge in [0.15, 0.2) is 0 Å². The van der Waals surface area contributed by atoms with Crippen molar-refractivity contribution in [3.63, 3.8) is 0 Å². The number of pyridine rings is 2. The first-order valence-corrected chi connectivity index (χ1v) is 7.26. The fourth-order valence-corrected chi connectivity index (χ4v) is 2.75. The highest BCUT2D eigenvalue weighted by Gasteiger charge is 2.14. The van der Waals surface area contributed by atoms with Gasteiger partial charge in [-0.2, -0.15) is 0 Å².